The number of nitrogens with one attached hydrogen (secondary N) is 1. The van der Waals surface area contributed by atoms with Crippen LogP contribution in [0.1, 0.15) is 30.4 Å². The molecule has 4 N–H and O–H groups in total. The molecule has 7 heteroatoms. The fourth-order valence-corrected chi connectivity index (χ4v) is 3.32. The van der Waals surface area contributed by atoms with Gasteiger partial charge in [-0.1, -0.05) is 42.5 Å². The molecular weight excluding hydrogens is 370 g/mol. The van der Waals surface area contributed by atoms with Gasteiger partial charge in [0, 0.05) is 13.0 Å². The predicted molar refractivity (Wildman–Crippen MR) is 109 cm³/mol. The molecule has 2 atom stereocenters. The summed E-state index contributed by atoms with van der Waals surface area (Å²) in [4.78, 5) is 23.8. The Hall–Kier alpha value is -2.90. The van der Waals surface area contributed by atoms with Crippen molar-refractivity contribution in [1.29, 1.82) is 0 Å². The molecule has 0 aromatic heterocycles. The molecule has 3 rings (SSSR count). The maximum atomic E-state index is 12.3. The Kier molecular flexibility index (Phi) is 7.21. The summed E-state index contributed by atoms with van der Waals surface area (Å²) < 4.78 is 5.77. The number of hydrogen-bond donors (Lipinski definition) is 3. The molecule has 2 aromatic carbocycles. The fraction of sp³-hybridized carbons (Fsp3) is 0.364. The number of amides is 2. The number of aryl methyl sites for hydroxylation is 1. The van der Waals surface area contributed by atoms with E-state index in [-0.39, 0.29) is 18.7 Å². The molecule has 1 heterocycles. The monoisotopic (exact) mass is 397 g/mol. The van der Waals surface area contributed by atoms with E-state index >= 15 is 0 Å². The van der Waals surface area contributed by atoms with Crippen LogP contribution in [-0.4, -0.2) is 40.6 Å². The number of ether oxygens (including phenoxy) is 1. The highest BCUT2D eigenvalue weighted by atomic mass is 16.5. The third kappa shape index (κ3) is 6.30. The Morgan fingerprint density at radius 2 is 1.83 bits per heavy atom. The molecule has 0 bridgehead atoms. The Balaban J connectivity index is 1.44. The van der Waals surface area contributed by atoms with Crippen LogP contribution in [0.4, 0.5) is 0 Å². The van der Waals surface area contributed by atoms with Crippen LogP contribution in [0.5, 0.6) is 5.75 Å². The average Bonchev–Trinajstić information content (AvgIpc) is 2.73. The van der Waals surface area contributed by atoms with Crippen molar-refractivity contribution in [2.45, 2.75) is 44.4 Å². The Morgan fingerprint density at radius 3 is 2.52 bits per heavy atom. The number of benzene rings is 2. The van der Waals surface area contributed by atoms with E-state index in [0.29, 0.717) is 26.0 Å². The molecule has 2 amide bonds. The van der Waals surface area contributed by atoms with E-state index in [2.05, 4.69) is 5.43 Å². The van der Waals surface area contributed by atoms with Gasteiger partial charge in [-0.05, 0) is 42.5 Å². The number of hydrogen-bond acceptors (Lipinski definition) is 5. The van der Waals surface area contributed by atoms with E-state index in [1.807, 2.05) is 54.6 Å². The first-order chi connectivity index (χ1) is 14.0. The van der Waals surface area contributed by atoms with Crippen molar-refractivity contribution in [2.75, 3.05) is 6.54 Å². The van der Waals surface area contributed by atoms with Crippen LogP contribution < -0.4 is 15.9 Å². The van der Waals surface area contributed by atoms with Crippen molar-refractivity contribution >= 4 is 11.8 Å². The van der Waals surface area contributed by atoms with Gasteiger partial charge in [0.15, 0.2) is 0 Å². The lowest BCUT2D eigenvalue weighted by Crippen LogP contribution is -2.58. The molecule has 0 spiro atoms. The highest BCUT2D eigenvalue weighted by molar-refractivity contribution is 5.81. The SMILES string of the molecule is NC(=O)C1CC(O)CCN1NC(=O)CCc1ccc(OCc2ccccc2)cc1. The van der Waals surface area contributed by atoms with Crippen molar-refractivity contribution in [2.24, 2.45) is 5.73 Å². The van der Waals surface area contributed by atoms with Crippen molar-refractivity contribution in [3.8, 4) is 5.75 Å². The lowest BCUT2D eigenvalue weighted by Gasteiger charge is -2.35. The lowest BCUT2D eigenvalue weighted by atomic mass is 10.0. The zero-order valence-electron chi connectivity index (χ0n) is 16.3. The van der Waals surface area contributed by atoms with Crippen LogP contribution in [0.3, 0.4) is 0 Å². The second-order valence-corrected chi connectivity index (χ2v) is 7.24. The number of aliphatic hydroxyl groups is 1. The number of rotatable bonds is 8. The molecule has 7 nitrogen and oxygen atoms in total. The van der Waals surface area contributed by atoms with Crippen LogP contribution in [0.2, 0.25) is 0 Å². The topological polar surface area (TPSA) is 105 Å². The summed E-state index contributed by atoms with van der Waals surface area (Å²) in [7, 11) is 0. The van der Waals surface area contributed by atoms with Gasteiger partial charge in [0.1, 0.15) is 18.4 Å². The van der Waals surface area contributed by atoms with Gasteiger partial charge in [0.25, 0.3) is 0 Å². The molecule has 1 fully saturated rings. The standard InChI is InChI=1S/C22H27N3O4/c23-22(28)20-14-18(26)12-13-25(20)24-21(27)11-8-16-6-9-19(10-7-16)29-15-17-4-2-1-3-5-17/h1-7,9-10,18,20,26H,8,11-15H2,(H2,23,28)(H,24,27). The van der Waals surface area contributed by atoms with Gasteiger partial charge in [0.05, 0.1) is 6.10 Å². The third-order valence-electron chi connectivity index (χ3n) is 4.98. The molecule has 1 saturated heterocycles. The zero-order valence-corrected chi connectivity index (χ0v) is 16.3. The quantitative estimate of drug-likeness (QED) is 0.627. The minimum Gasteiger partial charge on any atom is -0.489 e. The van der Waals surface area contributed by atoms with E-state index in [1.165, 1.54) is 5.01 Å². The highest BCUT2D eigenvalue weighted by Crippen LogP contribution is 2.17. The van der Waals surface area contributed by atoms with Crippen LogP contribution >= 0.6 is 0 Å². The Morgan fingerprint density at radius 1 is 1.10 bits per heavy atom. The number of primary amides is 1. The predicted octanol–water partition coefficient (Wildman–Crippen LogP) is 1.54. The summed E-state index contributed by atoms with van der Waals surface area (Å²) in [5, 5.41) is 11.2. The minimum atomic E-state index is -0.677. The normalized spacial score (nSPS) is 19.5. The number of hydrazine groups is 1. The van der Waals surface area contributed by atoms with Gasteiger partial charge in [-0.15, -0.1) is 0 Å². The van der Waals surface area contributed by atoms with Crippen LogP contribution in [0, 0.1) is 0 Å². The molecule has 1 aliphatic heterocycles. The van der Waals surface area contributed by atoms with Crippen LogP contribution in [0.15, 0.2) is 54.6 Å². The van der Waals surface area contributed by atoms with E-state index in [1.54, 1.807) is 0 Å². The first-order valence-corrected chi connectivity index (χ1v) is 9.80. The number of carbonyl (C=O) groups is 2. The van der Waals surface area contributed by atoms with Gasteiger partial charge in [0.2, 0.25) is 11.8 Å². The molecular formula is C22H27N3O4. The van der Waals surface area contributed by atoms with E-state index in [4.69, 9.17) is 10.5 Å². The summed E-state index contributed by atoms with van der Waals surface area (Å²) in [5.74, 6) is 0.0467. The van der Waals surface area contributed by atoms with Crippen LogP contribution in [-0.2, 0) is 22.6 Å². The van der Waals surface area contributed by atoms with E-state index < -0.39 is 18.1 Å². The van der Waals surface area contributed by atoms with Crippen molar-refractivity contribution < 1.29 is 19.4 Å². The van der Waals surface area contributed by atoms with Crippen LogP contribution in [0.25, 0.3) is 0 Å². The number of aliphatic hydroxyl groups excluding tert-OH is 1. The molecule has 0 saturated carbocycles. The first-order valence-electron chi connectivity index (χ1n) is 9.80. The highest BCUT2D eigenvalue weighted by Gasteiger charge is 2.32. The van der Waals surface area contributed by atoms with Crippen molar-refractivity contribution in [3.05, 3.63) is 65.7 Å². The van der Waals surface area contributed by atoms with Gasteiger partial charge >= 0.3 is 0 Å². The van der Waals surface area contributed by atoms with Crippen molar-refractivity contribution in [3.63, 3.8) is 0 Å². The summed E-state index contributed by atoms with van der Waals surface area (Å²) in [6, 6.07) is 16.9. The molecule has 2 aromatic rings. The second-order valence-electron chi connectivity index (χ2n) is 7.24. The second kappa shape index (κ2) is 10.0. The minimum absolute atomic E-state index is 0.183. The zero-order chi connectivity index (χ0) is 20.6. The molecule has 2 unspecified atom stereocenters. The molecule has 1 aliphatic rings. The maximum Gasteiger partial charge on any atom is 0.236 e. The number of piperidine rings is 1. The average molecular weight is 397 g/mol. The van der Waals surface area contributed by atoms with Gasteiger partial charge in [-0.2, -0.15) is 0 Å². The van der Waals surface area contributed by atoms with Gasteiger partial charge < -0.3 is 15.6 Å². The first kappa shape index (κ1) is 20.8. The Labute approximate surface area is 170 Å². The Bertz CT molecular complexity index is 811. The van der Waals surface area contributed by atoms with Gasteiger partial charge in [-0.3, -0.25) is 15.0 Å². The van der Waals surface area contributed by atoms with Gasteiger partial charge in [-0.25, -0.2) is 5.01 Å². The number of carbonyl (C=O) groups excluding carboxylic acids is 2. The molecule has 154 valence electrons. The third-order valence-corrected chi connectivity index (χ3v) is 4.98. The molecule has 0 aliphatic carbocycles. The van der Waals surface area contributed by atoms with Crippen molar-refractivity contribution in [1.82, 2.24) is 10.4 Å². The fourth-order valence-electron chi connectivity index (χ4n) is 3.32. The maximum absolute atomic E-state index is 12.3. The lowest BCUT2D eigenvalue weighted by molar-refractivity contribution is -0.135. The van der Waals surface area contributed by atoms with E-state index in [9.17, 15) is 14.7 Å². The molecule has 29 heavy (non-hydrogen) atoms. The number of nitrogens with two attached hydrogens (primary N) is 1. The summed E-state index contributed by atoms with van der Waals surface area (Å²) >= 11 is 0. The largest absolute Gasteiger partial charge is 0.489 e. The number of nitrogens with zero attached hydrogens (tertiary/aromatic N) is 1. The summed E-state index contributed by atoms with van der Waals surface area (Å²) in [6.45, 7) is 0.905. The molecule has 0 radical (unpaired) electrons. The smallest absolute Gasteiger partial charge is 0.236 e. The summed E-state index contributed by atoms with van der Waals surface area (Å²) in [5.41, 5.74) is 10.3. The van der Waals surface area contributed by atoms with E-state index in [0.717, 1.165) is 16.9 Å². The summed E-state index contributed by atoms with van der Waals surface area (Å²) in [6.07, 6.45) is 1.02.